The summed E-state index contributed by atoms with van der Waals surface area (Å²) in [6.45, 7) is 0.588. The van der Waals surface area contributed by atoms with Crippen LogP contribution in [0.1, 0.15) is 22.9 Å². The molecule has 0 spiro atoms. The van der Waals surface area contributed by atoms with Crippen molar-refractivity contribution in [3.8, 4) is 17.0 Å². The van der Waals surface area contributed by atoms with Crippen molar-refractivity contribution in [3.63, 3.8) is 0 Å². The average Bonchev–Trinajstić information content (AvgIpc) is 3.12. The standard InChI is InChI=1S/C21H15ClF5NO3S/c1-10(20(29)30)6-11-7-15(23)18(16(24)8-11)31-9-14-17(12-2-4-13(22)5-3-12)28-32-19(14)21(25,26)27/h2-5,7-8,10H,6,9H2,1H3,(H,29,30). The molecule has 1 N–H and O–H groups in total. The van der Waals surface area contributed by atoms with Gasteiger partial charge in [0.05, 0.1) is 11.6 Å². The molecule has 170 valence electrons. The molecule has 0 saturated heterocycles. The van der Waals surface area contributed by atoms with Gasteiger partial charge < -0.3 is 9.84 Å². The van der Waals surface area contributed by atoms with E-state index in [0.717, 1.165) is 12.1 Å². The van der Waals surface area contributed by atoms with Crippen molar-refractivity contribution in [3.05, 3.63) is 69.1 Å². The molecule has 3 rings (SSSR count). The number of aliphatic carboxylic acids is 1. The van der Waals surface area contributed by atoms with Crippen LogP contribution < -0.4 is 4.74 Å². The van der Waals surface area contributed by atoms with Crippen molar-refractivity contribution in [2.75, 3.05) is 0 Å². The lowest BCUT2D eigenvalue weighted by atomic mass is 10.0. The van der Waals surface area contributed by atoms with E-state index in [2.05, 4.69) is 4.37 Å². The smallest absolute Gasteiger partial charge is 0.427 e. The second-order valence-electron chi connectivity index (χ2n) is 6.96. The predicted molar refractivity (Wildman–Crippen MR) is 109 cm³/mol. The van der Waals surface area contributed by atoms with E-state index in [1.54, 1.807) is 0 Å². The Kier molecular flexibility index (Phi) is 7.04. The Hall–Kier alpha value is -2.72. The molecule has 0 saturated carbocycles. The zero-order valence-electron chi connectivity index (χ0n) is 16.3. The highest BCUT2D eigenvalue weighted by molar-refractivity contribution is 7.06. The molecular formula is C21H15ClF5NO3S. The van der Waals surface area contributed by atoms with E-state index in [1.165, 1.54) is 31.2 Å². The van der Waals surface area contributed by atoms with Gasteiger partial charge in [0.2, 0.25) is 0 Å². The molecule has 0 aliphatic carbocycles. The Morgan fingerprint density at radius 3 is 2.31 bits per heavy atom. The topological polar surface area (TPSA) is 59.4 Å². The van der Waals surface area contributed by atoms with Crippen LogP contribution in [0.3, 0.4) is 0 Å². The van der Waals surface area contributed by atoms with Crippen molar-refractivity contribution < 1.29 is 36.6 Å². The van der Waals surface area contributed by atoms with Crippen LogP contribution in [-0.4, -0.2) is 15.4 Å². The molecule has 0 radical (unpaired) electrons. The number of carbonyl (C=O) groups is 1. The van der Waals surface area contributed by atoms with Gasteiger partial charge in [0.25, 0.3) is 0 Å². The number of aromatic nitrogens is 1. The highest BCUT2D eigenvalue weighted by Gasteiger charge is 2.38. The summed E-state index contributed by atoms with van der Waals surface area (Å²) < 4.78 is 78.2. The Labute approximate surface area is 188 Å². The third-order valence-corrected chi connectivity index (χ3v) is 5.73. The van der Waals surface area contributed by atoms with Crippen molar-refractivity contribution in [1.29, 1.82) is 0 Å². The number of rotatable bonds is 7. The van der Waals surface area contributed by atoms with Crippen LogP contribution in [0.2, 0.25) is 5.02 Å². The lowest BCUT2D eigenvalue weighted by molar-refractivity contribution is -0.141. The average molecular weight is 492 g/mol. The molecule has 1 atom stereocenters. The molecule has 1 heterocycles. The highest BCUT2D eigenvalue weighted by Crippen LogP contribution is 2.40. The summed E-state index contributed by atoms with van der Waals surface area (Å²) in [6.07, 6.45) is -4.87. The van der Waals surface area contributed by atoms with E-state index >= 15 is 0 Å². The Balaban J connectivity index is 1.91. The fourth-order valence-corrected chi connectivity index (χ4v) is 3.85. The van der Waals surface area contributed by atoms with Gasteiger partial charge in [-0.05, 0) is 47.8 Å². The molecule has 0 aliphatic rings. The van der Waals surface area contributed by atoms with Gasteiger partial charge in [-0.3, -0.25) is 4.79 Å². The second kappa shape index (κ2) is 9.41. The molecule has 4 nitrogen and oxygen atoms in total. The zero-order chi connectivity index (χ0) is 23.6. The number of halogens is 6. The third-order valence-electron chi connectivity index (χ3n) is 4.55. The lowest BCUT2D eigenvalue weighted by Gasteiger charge is -2.13. The molecular weight excluding hydrogens is 477 g/mol. The Morgan fingerprint density at radius 1 is 1.19 bits per heavy atom. The minimum absolute atomic E-state index is 0.0355. The number of benzene rings is 2. The SMILES string of the molecule is CC(Cc1cc(F)c(OCc2c(-c3ccc(Cl)cc3)nsc2C(F)(F)F)c(F)c1)C(=O)O. The van der Waals surface area contributed by atoms with Crippen LogP contribution in [0, 0.1) is 17.6 Å². The molecule has 1 aromatic heterocycles. The van der Waals surface area contributed by atoms with Gasteiger partial charge in [0, 0.05) is 16.1 Å². The maximum Gasteiger partial charge on any atom is 0.427 e. The van der Waals surface area contributed by atoms with Crippen LogP contribution in [-0.2, 0) is 24.0 Å². The maximum atomic E-state index is 14.4. The van der Waals surface area contributed by atoms with Crippen LogP contribution in [0.4, 0.5) is 22.0 Å². The number of nitrogens with zero attached hydrogens (tertiary/aromatic N) is 1. The molecule has 11 heteroatoms. The van der Waals surface area contributed by atoms with Gasteiger partial charge >= 0.3 is 12.1 Å². The monoisotopic (exact) mass is 491 g/mol. The normalized spacial score (nSPS) is 12.6. The third kappa shape index (κ3) is 5.36. The van der Waals surface area contributed by atoms with Crippen LogP contribution >= 0.6 is 23.1 Å². The first-order valence-electron chi connectivity index (χ1n) is 9.12. The number of hydrogen-bond acceptors (Lipinski definition) is 4. The van der Waals surface area contributed by atoms with Gasteiger partial charge in [0.15, 0.2) is 17.4 Å². The fourth-order valence-electron chi connectivity index (χ4n) is 2.95. The lowest BCUT2D eigenvalue weighted by Crippen LogP contribution is -2.13. The first-order valence-corrected chi connectivity index (χ1v) is 10.3. The molecule has 2 aromatic carbocycles. The number of ether oxygens (including phenoxy) is 1. The van der Waals surface area contributed by atoms with Crippen molar-refractivity contribution >= 4 is 29.1 Å². The van der Waals surface area contributed by atoms with E-state index in [4.69, 9.17) is 21.4 Å². The number of carboxylic acids is 1. The number of alkyl halides is 3. The van der Waals surface area contributed by atoms with Crippen molar-refractivity contribution in [1.82, 2.24) is 4.37 Å². The predicted octanol–water partition coefficient (Wildman–Crippen LogP) is 6.60. The fraction of sp³-hybridized carbons (Fsp3) is 0.238. The van der Waals surface area contributed by atoms with Crippen LogP contribution in [0.25, 0.3) is 11.3 Å². The van der Waals surface area contributed by atoms with Crippen molar-refractivity contribution in [2.24, 2.45) is 5.92 Å². The minimum atomic E-state index is -4.74. The first kappa shape index (κ1) is 23.9. The summed E-state index contributed by atoms with van der Waals surface area (Å²) >= 11 is 6.02. The molecule has 0 bridgehead atoms. The van der Waals surface area contributed by atoms with E-state index in [-0.39, 0.29) is 34.8 Å². The number of carboxylic acid groups (broad SMARTS) is 1. The van der Waals surface area contributed by atoms with Crippen LogP contribution in [0.15, 0.2) is 36.4 Å². The quantitative estimate of drug-likeness (QED) is 0.378. The molecule has 0 aliphatic heterocycles. The van der Waals surface area contributed by atoms with Gasteiger partial charge in [-0.2, -0.15) is 17.5 Å². The summed E-state index contributed by atoms with van der Waals surface area (Å²) in [5.74, 6) is -5.18. The molecule has 0 fully saturated rings. The molecule has 32 heavy (non-hydrogen) atoms. The Morgan fingerprint density at radius 2 is 1.78 bits per heavy atom. The van der Waals surface area contributed by atoms with Gasteiger partial charge in [0.1, 0.15) is 11.5 Å². The summed E-state index contributed by atoms with van der Waals surface area (Å²) in [5.41, 5.74) is 0.00916. The second-order valence-corrected chi connectivity index (χ2v) is 8.17. The highest BCUT2D eigenvalue weighted by atomic mass is 35.5. The first-order chi connectivity index (χ1) is 15.0. The minimum Gasteiger partial charge on any atom is -0.483 e. The Bertz CT molecular complexity index is 1110. The number of hydrogen-bond donors (Lipinski definition) is 1. The van der Waals surface area contributed by atoms with E-state index < -0.39 is 46.9 Å². The van der Waals surface area contributed by atoms with Crippen molar-refractivity contribution in [2.45, 2.75) is 26.1 Å². The molecule has 3 aromatic rings. The maximum absolute atomic E-state index is 14.4. The zero-order valence-corrected chi connectivity index (χ0v) is 17.9. The molecule has 1 unspecified atom stereocenters. The van der Waals surface area contributed by atoms with Gasteiger partial charge in [-0.15, -0.1) is 0 Å². The van der Waals surface area contributed by atoms with Gasteiger partial charge in [-0.1, -0.05) is 30.7 Å². The van der Waals surface area contributed by atoms with Gasteiger partial charge in [-0.25, -0.2) is 8.78 Å². The van der Waals surface area contributed by atoms with E-state index in [0.29, 0.717) is 10.6 Å². The summed E-state index contributed by atoms with van der Waals surface area (Å²) in [4.78, 5) is 9.89. The van der Waals surface area contributed by atoms with E-state index in [9.17, 15) is 26.7 Å². The van der Waals surface area contributed by atoms with E-state index in [1.807, 2.05) is 0 Å². The summed E-state index contributed by atoms with van der Waals surface area (Å²) in [6, 6.07) is 7.69. The largest absolute Gasteiger partial charge is 0.483 e. The molecule has 0 amide bonds. The van der Waals surface area contributed by atoms with Crippen LogP contribution in [0.5, 0.6) is 5.75 Å². The summed E-state index contributed by atoms with van der Waals surface area (Å²) in [5, 5.41) is 9.31. The summed E-state index contributed by atoms with van der Waals surface area (Å²) in [7, 11) is 0.